The second-order valence-corrected chi connectivity index (χ2v) is 9.24. The Hall–Kier alpha value is -2.38. The van der Waals surface area contributed by atoms with Gasteiger partial charge in [0.1, 0.15) is 5.75 Å². The van der Waals surface area contributed by atoms with Crippen LogP contribution in [0.3, 0.4) is 0 Å². The fraction of sp³-hybridized carbons (Fsp3) is 0.217. The van der Waals surface area contributed by atoms with E-state index in [0.717, 1.165) is 11.1 Å². The van der Waals surface area contributed by atoms with E-state index in [0.29, 0.717) is 16.3 Å². The van der Waals surface area contributed by atoms with Crippen molar-refractivity contribution in [1.29, 1.82) is 0 Å². The zero-order valence-electron chi connectivity index (χ0n) is 16.7. The van der Waals surface area contributed by atoms with E-state index < -0.39 is 22.0 Å². The minimum Gasteiger partial charge on any atom is -0.497 e. The molecule has 30 heavy (non-hydrogen) atoms. The molecular weight excluding hydrogens is 422 g/mol. The van der Waals surface area contributed by atoms with Crippen molar-refractivity contribution in [3.63, 3.8) is 0 Å². The molecule has 7 heteroatoms. The Morgan fingerprint density at radius 1 is 0.933 bits per heavy atom. The summed E-state index contributed by atoms with van der Waals surface area (Å²) in [6, 6.07) is 20.7. The standard InChI is InChI=1S/C23H24ClNO4S/c1-16-3-13-21(14-4-16)30(27,28)25-15-22(17-7-11-20(29-2)12-8-17)23(26)18-5-9-19(24)10-6-18/h3-14,22-23,25-26H,15H2,1-2H3/t22-,23+/m0/s1. The van der Waals surface area contributed by atoms with Gasteiger partial charge in [0.2, 0.25) is 10.0 Å². The van der Waals surface area contributed by atoms with Gasteiger partial charge in [0, 0.05) is 17.5 Å². The van der Waals surface area contributed by atoms with Gasteiger partial charge in [0.05, 0.1) is 18.1 Å². The van der Waals surface area contributed by atoms with Gasteiger partial charge in [0.15, 0.2) is 0 Å². The van der Waals surface area contributed by atoms with E-state index >= 15 is 0 Å². The highest BCUT2D eigenvalue weighted by atomic mass is 35.5. The molecule has 2 N–H and O–H groups in total. The Balaban J connectivity index is 1.88. The summed E-state index contributed by atoms with van der Waals surface area (Å²) in [6.07, 6.45) is -0.934. The number of ether oxygens (including phenoxy) is 1. The number of methoxy groups -OCH3 is 1. The van der Waals surface area contributed by atoms with Crippen molar-refractivity contribution in [2.45, 2.75) is 23.8 Å². The number of aliphatic hydroxyl groups excluding tert-OH is 1. The summed E-state index contributed by atoms with van der Waals surface area (Å²) in [5.41, 5.74) is 2.41. The number of rotatable bonds is 8. The third kappa shape index (κ3) is 5.40. The second-order valence-electron chi connectivity index (χ2n) is 7.04. The van der Waals surface area contributed by atoms with Crippen molar-refractivity contribution in [2.24, 2.45) is 0 Å². The summed E-state index contributed by atoms with van der Waals surface area (Å²) in [4.78, 5) is 0.183. The fourth-order valence-corrected chi connectivity index (χ4v) is 4.34. The van der Waals surface area contributed by atoms with Crippen molar-refractivity contribution in [3.8, 4) is 5.75 Å². The van der Waals surface area contributed by atoms with Crippen LogP contribution in [0.4, 0.5) is 0 Å². The summed E-state index contributed by atoms with van der Waals surface area (Å²) < 4.78 is 33.3. The average molecular weight is 446 g/mol. The molecule has 0 heterocycles. The molecule has 0 bridgehead atoms. The van der Waals surface area contributed by atoms with Crippen LogP contribution in [0.15, 0.2) is 77.7 Å². The highest BCUT2D eigenvalue weighted by molar-refractivity contribution is 7.89. The first kappa shape index (κ1) is 22.3. The molecule has 0 spiro atoms. The summed E-state index contributed by atoms with van der Waals surface area (Å²) in [5.74, 6) is 0.163. The SMILES string of the molecule is COc1ccc([C@H](CNS(=O)(=O)c2ccc(C)cc2)[C@H](O)c2ccc(Cl)cc2)cc1. The molecule has 158 valence electrons. The van der Waals surface area contributed by atoms with Gasteiger partial charge in [-0.25, -0.2) is 13.1 Å². The second kappa shape index (κ2) is 9.62. The quantitative estimate of drug-likeness (QED) is 0.537. The lowest BCUT2D eigenvalue weighted by atomic mass is 9.89. The monoisotopic (exact) mass is 445 g/mol. The number of halogens is 1. The topological polar surface area (TPSA) is 75.6 Å². The molecule has 0 aliphatic carbocycles. The Morgan fingerprint density at radius 3 is 2.07 bits per heavy atom. The lowest BCUT2D eigenvalue weighted by Crippen LogP contribution is -2.31. The third-order valence-electron chi connectivity index (χ3n) is 4.96. The van der Waals surface area contributed by atoms with E-state index in [4.69, 9.17) is 16.3 Å². The number of hydrogen-bond acceptors (Lipinski definition) is 4. The summed E-state index contributed by atoms with van der Waals surface area (Å²) >= 11 is 5.96. The summed E-state index contributed by atoms with van der Waals surface area (Å²) in [5, 5.41) is 11.6. The van der Waals surface area contributed by atoms with Crippen LogP contribution >= 0.6 is 11.6 Å². The van der Waals surface area contributed by atoms with E-state index in [-0.39, 0.29) is 11.4 Å². The molecule has 2 atom stereocenters. The van der Waals surface area contributed by atoms with Gasteiger partial charge in [-0.3, -0.25) is 0 Å². The Kier molecular flexibility index (Phi) is 7.15. The van der Waals surface area contributed by atoms with Crippen LogP contribution in [0.1, 0.15) is 28.7 Å². The van der Waals surface area contributed by atoms with Crippen molar-refractivity contribution in [3.05, 3.63) is 94.5 Å². The molecule has 0 aromatic heterocycles. The smallest absolute Gasteiger partial charge is 0.240 e. The van der Waals surface area contributed by atoms with Gasteiger partial charge in [-0.2, -0.15) is 0 Å². The maximum Gasteiger partial charge on any atom is 0.240 e. The number of benzene rings is 3. The number of sulfonamides is 1. The zero-order valence-corrected chi connectivity index (χ0v) is 18.3. The largest absolute Gasteiger partial charge is 0.497 e. The van der Waals surface area contributed by atoms with Crippen LogP contribution in [0.25, 0.3) is 0 Å². The molecule has 0 fully saturated rings. The number of aryl methyl sites for hydroxylation is 1. The van der Waals surface area contributed by atoms with E-state index in [1.165, 1.54) is 0 Å². The predicted octanol–water partition coefficient (Wildman–Crippen LogP) is 4.45. The minimum absolute atomic E-state index is 0.0202. The molecule has 0 saturated heterocycles. The Labute approximate surface area is 182 Å². The molecule has 5 nitrogen and oxygen atoms in total. The van der Waals surface area contributed by atoms with Crippen molar-refractivity contribution >= 4 is 21.6 Å². The van der Waals surface area contributed by atoms with Crippen LogP contribution in [-0.4, -0.2) is 27.2 Å². The van der Waals surface area contributed by atoms with Gasteiger partial charge >= 0.3 is 0 Å². The highest BCUT2D eigenvalue weighted by Gasteiger charge is 2.25. The van der Waals surface area contributed by atoms with Crippen LogP contribution in [-0.2, 0) is 10.0 Å². The highest BCUT2D eigenvalue weighted by Crippen LogP contribution is 2.32. The summed E-state index contributed by atoms with van der Waals surface area (Å²) in [6.45, 7) is 1.92. The van der Waals surface area contributed by atoms with Gasteiger partial charge < -0.3 is 9.84 Å². The maximum atomic E-state index is 12.8. The van der Waals surface area contributed by atoms with Gasteiger partial charge in [-0.05, 0) is 54.4 Å². The van der Waals surface area contributed by atoms with Gasteiger partial charge in [0.25, 0.3) is 0 Å². The molecule has 0 amide bonds. The lowest BCUT2D eigenvalue weighted by molar-refractivity contribution is 0.146. The molecule has 3 aromatic carbocycles. The molecule has 0 radical (unpaired) electrons. The zero-order chi connectivity index (χ0) is 21.7. The first-order chi connectivity index (χ1) is 14.3. The maximum absolute atomic E-state index is 12.8. The molecule has 0 aliphatic rings. The van der Waals surface area contributed by atoms with E-state index in [2.05, 4.69) is 4.72 Å². The lowest BCUT2D eigenvalue weighted by Gasteiger charge is -2.24. The Bertz CT molecular complexity index is 1070. The van der Waals surface area contributed by atoms with Gasteiger partial charge in [-0.15, -0.1) is 0 Å². The van der Waals surface area contributed by atoms with Crippen molar-refractivity contribution in [2.75, 3.05) is 13.7 Å². The molecule has 0 aliphatic heterocycles. The first-order valence-electron chi connectivity index (χ1n) is 9.44. The van der Waals surface area contributed by atoms with E-state index in [1.54, 1.807) is 67.8 Å². The average Bonchev–Trinajstić information content (AvgIpc) is 2.75. The number of hydrogen-bond donors (Lipinski definition) is 2. The van der Waals surface area contributed by atoms with Crippen LogP contribution in [0.5, 0.6) is 5.75 Å². The van der Waals surface area contributed by atoms with Crippen molar-refractivity contribution < 1.29 is 18.3 Å². The normalized spacial score (nSPS) is 13.6. The van der Waals surface area contributed by atoms with Crippen LogP contribution < -0.4 is 9.46 Å². The number of nitrogens with one attached hydrogen (secondary N) is 1. The van der Waals surface area contributed by atoms with Crippen LogP contribution in [0.2, 0.25) is 5.02 Å². The fourth-order valence-electron chi connectivity index (χ4n) is 3.16. The number of aliphatic hydroxyl groups is 1. The third-order valence-corrected chi connectivity index (χ3v) is 6.65. The molecule has 0 unspecified atom stereocenters. The van der Waals surface area contributed by atoms with Gasteiger partial charge in [-0.1, -0.05) is 53.6 Å². The molecule has 0 saturated carbocycles. The molecular formula is C23H24ClNO4S. The van der Waals surface area contributed by atoms with E-state index in [1.807, 2.05) is 19.1 Å². The summed E-state index contributed by atoms with van der Waals surface area (Å²) in [7, 11) is -2.15. The Morgan fingerprint density at radius 2 is 1.50 bits per heavy atom. The van der Waals surface area contributed by atoms with Crippen LogP contribution in [0, 0.1) is 6.92 Å². The molecule has 3 rings (SSSR count). The molecule has 3 aromatic rings. The minimum atomic E-state index is -3.72. The van der Waals surface area contributed by atoms with E-state index in [9.17, 15) is 13.5 Å². The first-order valence-corrected chi connectivity index (χ1v) is 11.3. The van der Waals surface area contributed by atoms with Crippen molar-refractivity contribution in [1.82, 2.24) is 4.72 Å². The predicted molar refractivity (Wildman–Crippen MR) is 119 cm³/mol.